The number of fused-ring (bicyclic) bond motifs is 1. The molecular formula is C29H28ClF3N4O4S. The van der Waals surface area contributed by atoms with Crippen molar-refractivity contribution >= 4 is 40.8 Å². The fourth-order valence-electron chi connectivity index (χ4n) is 5.04. The molecule has 1 aliphatic carbocycles. The topological polar surface area (TPSA) is 105 Å². The van der Waals surface area contributed by atoms with Crippen LogP contribution >= 0.6 is 22.9 Å². The molecule has 42 heavy (non-hydrogen) atoms. The van der Waals surface area contributed by atoms with E-state index in [1.54, 1.807) is 39.0 Å². The van der Waals surface area contributed by atoms with Crippen molar-refractivity contribution in [2.75, 3.05) is 0 Å². The van der Waals surface area contributed by atoms with Crippen LogP contribution in [0.5, 0.6) is 5.88 Å². The number of aromatic hydroxyl groups is 1. The Kier molecular flexibility index (Phi) is 7.73. The average molecular weight is 621 g/mol. The number of alkyl carbamates (subject to hydrolysis) is 1. The van der Waals surface area contributed by atoms with E-state index in [2.05, 4.69) is 15.5 Å². The van der Waals surface area contributed by atoms with Gasteiger partial charge in [0.15, 0.2) is 0 Å². The van der Waals surface area contributed by atoms with E-state index in [0.717, 1.165) is 28.4 Å². The Morgan fingerprint density at radius 3 is 2.57 bits per heavy atom. The molecule has 1 saturated carbocycles. The number of benzene rings is 2. The van der Waals surface area contributed by atoms with E-state index in [4.69, 9.17) is 16.3 Å². The van der Waals surface area contributed by atoms with Crippen molar-refractivity contribution in [2.45, 2.75) is 70.3 Å². The Bertz CT molecular complexity index is 1770. The molecular weight excluding hydrogens is 593 g/mol. The number of rotatable bonds is 6. The molecule has 0 atom stereocenters. The van der Waals surface area contributed by atoms with E-state index in [1.807, 2.05) is 0 Å². The van der Waals surface area contributed by atoms with Gasteiger partial charge in [0.2, 0.25) is 5.88 Å². The van der Waals surface area contributed by atoms with Crippen LogP contribution in [0.1, 0.15) is 61.6 Å². The predicted octanol–water partition coefficient (Wildman–Crippen LogP) is 5.14. The third kappa shape index (κ3) is 6.24. The van der Waals surface area contributed by atoms with Gasteiger partial charge < -0.3 is 15.2 Å². The second-order valence-electron chi connectivity index (χ2n) is 11.4. The fraction of sp³-hybridized carbons (Fsp3) is 0.379. The number of hydrogen-bond acceptors (Lipinski definition) is 7. The van der Waals surface area contributed by atoms with Crippen molar-refractivity contribution in [1.82, 2.24) is 9.88 Å². The fourth-order valence-corrected chi connectivity index (χ4v) is 6.17. The van der Waals surface area contributed by atoms with Crippen molar-refractivity contribution in [3.63, 3.8) is 0 Å². The summed E-state index contributed by atoms with van der Waals surface area (Å²) in [6.07, 6.45) is -2.12. The minimum Gasteiger partial charge on any atom is -0.493 e. The molecule has 8 nitrogen and oxygen atoms in total. The molecule has 0 unspecified atom stereocenters. The highest BCUT2D eigenvalue weighted by Gasteiger charge is 2.41. The zero-order valence-electron chi connectivity index (χ0n) is 23.0. The number of alkyl halides is 3. The summed E-state index contributed by atoms with van der Waals surface area (Å²) >= 11 is 6.63. The van der Waals surface area contributed by atoms with Gasteiger partial charge in [-0.1, -0.05) is 35.1 Å². The quantitative estimate of drug-likeness (QED) is 0.398. The third-order valence-corrected chi connectivity index (χ3v) is 8.43. The van der Waals surface area contributed by atoms with Gasteiger partial charge in [-0.25, -0.2) is 4.79 Å². The average Bonchev–Trinajstić information content (AvgIpc) is 3.44. The molecule has 13 heteroatoms. The summed E-state index contributed by atoms with van der Waals surface area (Å²) < 4.78 is 48.6. The van der Waals surface area contributed by atoms with E-state index < -0.39 is 39.7 Å². The second kappa shape index (κ2) is 10.9. The molecule has 1 amide bonds. The Labute approximate surface area is 247 Å². The molecule has 2 aliphatic rings. The van der Waals surface area contributed by atoms with Crippen LogP contribution in [0.25, 0.3) is 5.57 Å². The van der Waals surface area contributed by atoms with E-state index in [9.17, 15) is 27.9 Å². The van der Waals surface area contributed by atoms with Crippen LogP contribution in [0.3, 0.4) is 0 Å². The van der Waals surface area contributed by atoms with Crippen LogP contribution in [0.2, 0.25) is 5.02 Å². The molecule has 5 rings (SSSR count). The number of halogens is 4. The number of amides is 1. The molecule has 1 fully saturated rings. The molecule has 0 radical (unpaired) electrons. The van der Waals surface area contributed by atoms with Gasteiger partial charge in [0.05, 0.1) is 34.1 Å². The van der Waals surface area contributed by atoms with E-state index in [-0.39, 0.29) is 28.4 Å². The maximum Gasteiger partial charge on any atom is 0.416 e. The van der Waals surface area contributed by atoms with Crippen molar-refractivity contribution < 1.29 is 27.8 Å². The van der Waals surface area contributed by atoms with Gasteiger partial charge >= 0.3 is 17.1 Å². The molecule has 0 saturated heterocycles. The number of carbonyl (C=O) groups is 1. The Hall–Kier alpha value is -3.64. The van der Waals surface area contributed by atoms with Crippen molar-refractivity contribution in [1.29, 1.82) is 0 Å². The minimum atomic E-state index is -4.68. The van der Waals surface area contributed by atoms with Crippen LogP contribution < -0.4 is 20.8 Å². The monoisotopic (exact) mass is 620 g/mol. The molecule has 2 heterocycles. The minimum absolute atomic E-state index is 0.0227. The lowest BCUT2D eigenvalue weighted by Gasteiger charge is -2.42. The van der Waals surface area contributed by atoms with Gasteiger partial charge in [-0.15, -0.1) is 0 Å². The first-order chi connectivity index (χ1) is 19.6. The lowest BCUT2D eigenvalue weighted by atomic mass is 9.76. The summed E-state index contributed by atoms with van der Waals surface area (Å²) in [5, 5.41) is 23.2. The Balaban J connectivity index is 1.60. The lowest BCUT2D eigenvalue weighted by Crippen LogP contribution is -2.57. The molecule has 3 aromatic rings. The van der Waals surface area contributed by atoms with Crippen LogP contribution in [-0.2, 0) is 23.9 Å². The standard InChI is InChI=1S/C29H28ClF3N4O4S/c1-27(2,3)41-25(39)35-28(9-4-10-28)15-37-24(38)23(42-26(37)40)20(16-6-8-22-18(11-16)14-34-36-22)12-17-5-7-19(30)13-21(17)29(31,32)33/h5-8,11,13-14,38H,4,9-10,12,15H2,1-3H3,(H,35,39). The summed E-state index contributed by atoms with van der Waals surface area (Å²) in [6, 6.07) is 8.57. The van der Waals surface area contributed by atoms with Gasteiger partial charge in [-0.3, -0.25) is 9.36 Å². The number of carbonyl (C=O) groups excluding carboxylic acids is 1. The van der Waals surface area contributed by atoms with Gasteiger partial charge in [-0.05, 0) is 80.7 Å². The van der Waals surface area contributed by atoms with Crippen LogP contribution in [-0.4, -0.2) is 33.1 Å². The summed E-state index contributed by atoms with van der Waals surface area (Å²) in [7, 11) is 0. The molecule has 1 aromatic heterocycles. The highest BCUT2D eigenvalue weighted by Crippen LogP contribution is 2.39. The number of nitrogens with one attached hydrogen (secondary N) is 1. The van der Waals surface area contributed by atoms with Crippen LogP contribution in [0.4, 0.5) is 18.0 Å². The molecule has 0 spiro atoms. The van der Waals surface area contributed by atoms with Crippen molar-refractivity contribution in [2.24, 2.45) is 10.2 Å². The molecule has 1 aliphatic heterocycles. The summed E-state index contributed by atoms with van der Waals surface area (Å²) in [5.74, 6) is -0.390. The smallest absolute Gasteiger partial charge is 0.416 e. The molecule has 0 bridgehead atoms. The highest BCUT2D eigenvalue weighted by atomic mass is 35.5. The maximum atomic E-state index is 14.0. The Morgan fingerprint density at radius 1 is 1.19 bits per heavy atom. The second-order valence-corrected chi connectivity index (χ2v) is 12.8. The van der Waals surface area contributed by atoms with E-state index >= 15 is 0 Å². The van der Waals surface area contributed by atoms with E-state index in [1.165, 1.54) is 18.3 Å². The number of aromatic nitrogens is 1. The zero-order valence-corrected chi connectivity index (χ0v) is 24.6. The van der Waals surface area contributed by atoms with E-state index in [0.29, 0.717) is 34.6 Å². The molecule has 2 aromatic carbocycles. The first-order valence-electron chi connectivity index (χ1n) is 13.2. The normalized spacial score (nSPS) is 16.4. The Morgan fingerprint density at radius 2 is 1.93 bits per heavy atom. The number of nitrogens with zero attached hydrogens (tertiary/aromatic N) is 3. The first-order valence-corrected chi connectivity index (χ1v) is 14.4. The number of hydrogen-bond donors (Lipinski definition) is 2. The van der Waals surface area contributed by atoms with Crippen LogP contribution in [0.15, 0.2) is 51.4 Å². The number of ether oxygens (including phenoxy) is 1. The summed E-state index contributed by atoms with van der Waals surface area (Å²) in [4.78, 5) is 25.4. The predicted molar refractivity (Wildman–Crippen MR) is 154 cm³/mol. The molecule has 2 N–H and O–H groups in total. The van der Waals surface area contributed by atoms with Crippen LogP contribution in [0, 0.1) is 0 Å². The maximum absolute atomic E-state index is 14.0. The summed E-state index contributed by atoms with van der Waals surface area (Å²) in [5.41, 5.74) is -1.56. The lowest BCUT2D eigenvalue weighted by molar-refractivity contribution is -0.138. The SMILES string of the molecule is CC(C)(C)OC(=O)NC1(Cn2c(O)c(C(Cc3ccc(Cl)cc3C(F)(F)F)=c3ccc4c(c3)C=NN=4)sc2=O)CCC1. The highest BCUT2D eigenvalue weighted by molar-refractivity contribution is 7.10. The third-order valence-electron chi connectivity index (χ3n) is 7.16. The van der Waals surface area contributed by atoms with Gasteiger partial charge in [0, 0.05) is 17.0 Å². The molecule has 222 valence electrons. The number of thiazole rings is 1. The zero-order chi connectivity index (χ0) is 30.4. The summed E-state index contributed by atoms with van der Waals surface area (Å²) in [6.45, 7) is 5.19. The van der Waals surface area contributed by atoms with Crippen molar-refractivity contribution in [3.8, 4) is 5.88 Å². The largest absolute Gasteiger partial charge is 0.493 e. The van der Waals surface area contributed by atoms with Crippen molar-refractivity contribution in [3.05, 3.63) is 83.2 Å². The first kappa shape index (κ1) is 29.8. The van der Waals surface area contributed by atoms with Gasteiger partial charge in [0.1, 0.15) is 5.60 Å². The van der Waals surface area contributed by atoms with Gasteiger partial charge in [0.25, 0.3) is 0 Å². The van der Waals surface area contributed by atoms with Gasteiger partial charge in [-0.2, -0.15) is 23.4 Å².